The largest absolute Gasteiger partial charge is 0.457 e. The zero-order valence-corrected chi connectivity index (χ0v) is 16.7. The van der Waals surface area contributed by atoms with Gasteiger partial charge in [-0.1, -0.05) is 0 Å². The van der Waals surface area contributed by atoms with Crippen molar-refractivity contribution in [2.24, 2.45) is 5.92 Å². The van der Waals surface area contributed by atoms with E-state index >= 15 is 0 Å². The molecule has 3 rings (SSSR count). The summed E-state index contributed by atoms with van der Waals surface area (Å²) in [5, 5.41) is 3.09. The van der Waals surface area contributed by atoms with Crippen molar-refractivity contribution in [3.63, 3.8) is 0 Å². The summed E-state index contributed by atoms with van der Waals surface area (Å²) in [6.45, 7) is 8.61. The Morgan fingerprint density at radius 3 is 2.68 bits per heavy atom. The fourth-order valence-electron chi connectivity index (χ4n) is 3.55. The molecule has 150 valence electrons. The summed E-state index contributed by atoms with van der Waals surface area (Å²) >= 11 is 0. The van der Waals surface area contributed by atoms with E-state index < -0.39 is 0 Å². The Labute approximate surface area is 165 Å². The van der Waals surface area contributed by atoms with E-state index in [1.165, 1.54) is 12.1 Å². The fraction of sp³-hybridized carbons (Fsp3) is 0.455. The van der Waals surface area contributed by atoms with Crippen molar-refractivity contribution >= 4 is 5.91 Å². The topological polar surface area (TPSA) is 54.5 Å². The number of amides is 1. The third-order valence-electron chi connectivity index (χ3n) is 5.30. The molecule has 1 N–H and O–H groups in total. The Bertz CT molecular complexity index is 795. The average Bonchev–Trinajstić information content (AvgIpc) is 2.70. The van der Waals surface area contributed by atoms with Gasteiger partial charge < -0.3 is 15.0 Å². The molecule has 2 heterocycles. The third-order valence-corrected chi connectivity index (χ3v) is 5.30. The number of carbonyl (C=O) groups excluding carboxylic acids is 1. The second-order valence-electron chi connectivity index (χ2n) is 7.69. The number of halogens is 1. The Morgan fingerprint density at radius 2 is 1.96 bits per heavy atom. The lowest BCUT2D eigenvalue weighted by molar-refractivity contribution is 0.0866. The first kappa shape index (κ1) is 20.3. The van der Waals surface area contributed by atoms with Gasteiger partial charge in [0.2, 0.25) is 0 Å². The second-order valence-corrected chi connectivity index (χ2v) is 7.69. The maximum atomic E-state index is 13.0. The molecule has 0 radical (unpaired) electrons. The van der Waals surface area contributed by atoms with Gasteiger partial charge in [0.25, 0.3) is 5.91 Å². The van der Waals surface area contributed by atoms with Gasteiger partial charge in [0.15, 0.2) is 0 Å². The predicted octanol–water partition coefficient (Wildman–Crippen LogP) is 4.25. The summed E-state index contributed by atoms with van der Waals surface area (Å²) in [5.74, 6) is 0.888. The van der Waals surface area contributed by atoms with Crippen molar-refractivity contribution in [2.45, 2.75) is 45.7 Å². The maximum absolute atomic E-state index is 13.0. The van der Waals surface area contributed by atoms with Crippen molar-refractivity contribution in [1.82, 2.24) is 15.2 Å². The first-order chi connectivity index (χ1) is 13.4. The molecule has 5 nitrogen and oxygen atoms in total. The average molecular weight is 385 g/mol. The van der Waals surface area contributed by atoms with E-state index in [-0.39, 0.29) is 17.8 Å². The molecule has 28 heavy (non-hydrogen) atoms. The van der Waals surface area contributed by atoms with Crippen LogP contribution in [0.15, 0.2) is 42.6 Å². The number of rotatable bonds is 6. The van der Waals surface area contributed by atoms with Crippen molar-refractivity contribution in [2.75, 3.05) is 13.1 Å². The quantitative estimate of drug-likeness (QED) is 0.808. The van der Waals surface area contributed by atoms with Gasteiger partial charge in [0.1, 0.15) is 23.0 Å². The molecule has 2 atom stereocenters. The zero-order valence-electron chi connectivity index (χ0n) is 16.7. The van der Waals surface area contributed by atoms with Gasteiger partial charge in [-0.05, 0) is 76.4 Å². The number of hydrogen-bond acceptors (Lipinski definition) is 4. The standard InChI is InChI=1S/C22H28FN3O2/c1-15(2)26-12-4-5-17(14-26)16(3)25-22(27)21-13-20(10-11-24-21)28-19-8-6-18(23)7-9-19/h6-11,13,15-17H,4-5,12,14H2,1-3H3,(H,25,27). The van der Waals surface area contributed by atoms with Crippen LogP contribution in [0.4, 0.5) is 4.39 Å². The summed E-state index contributed by atoms with van der Waals surface area (Å²) in [6.07, 6.45) is 3.81. The SMILES string of the molecule is CC(NC(=O)c1cc(Oc2ccc(F)cc2)ccn1)C1CCCN(C(C)C)C1. The molecule has 0 spiro atoms. The van der Waals surface area contributed by atoms with Crippen molar-refractivity contribution in [3.8, 4) is 11.5 Å². The minimum absolute atomic E-state index is 0.0672. The van der Waals surface area contributed by atoms with Crippen LogP contribution in [0.2, 0.25) is 0 Å². The number of nitrogens with one attached hydrogen (secondary N) is 1. The van der Waals surface area contributed by atoms with Gasteiger partial charge in [-0.2, -0.15) is 0 Å². The maximum Gasteiger partial charge on any atom is 0.270 e. The van der Waals surface area contributed by atoms with Crippen LogP contribution in [0.5, 0.6) is 11.5 Å². The molecule has 0 bridgehead atoms. The first-order valence-electron chi connectivity index (χ1n) is 9.87. The number of aromatic nitrogens is 1. The van der Waals surface area contributed by atoms with Crippen LogP contribution >= 0.6 is 0 Å². The molecule has 1 amide bonds. The third kappa shape index (κ3) is 5.29. The van der Waals surface area contributed by atoms with Crippen molar-refractivity contribution < 1.29 is 13.9 Å². The molecule has 1 saturated heterocycles. The summed E-state index contributed by atoms with van der Waals surface area (Å²) in [5.41, 5.74) is 0.308. The Hall–Kier alpha value is -2.47. The van der Waals surface area contributed by atoms with Gasteiger partial charge in [0.05, 0.1) is 0 Å². The zero-order chi connectivity index (χ0) is 20.1. The van der Waals surface area contributed by atoms with Gasteiger partial charge in [-0.25, -0.2) is 4.39 Å². The number of likely N-dealkylation sites (tertiary alicyclic amines) is 1. The molecule has 1 aromatic heterocycles. The number of benzene rings is 1. The normalized spacial score (nSPS) is 18.7. The lowest BCUT2D eigenvalue weighted by Crippen LogP contribution is -2.48. The van der Waals surface area contributed by atoms with E-state index in [0.717, 1.165) is 25.9 Å². The van der Waals surface area contributed by atoms with E-state index in [4.69, 9.17) is 4.74 Å². The predicted molar refractivity (Wildman–Crippen MR) is 107 cm³/mol. The van der Waals surface area contributed by atoms with E-state index in [0.29, 0.717) is 29.2 Å². The van der Waals surface area contributed by atoms with Gasteiger partial charge in [-0.3, -0.25) is 9.78 Å². The Kier molecular flexibility index (Phi) is 6.62. The number of nitrogens with zero attached hydrogens (tertiary/aromatic N) is 2. The van der Waals surface area contributed by atoms with E-state index in [1.807, 2.05) is 0 Å². The number of pyridine rings is 1. The van der Waals surface area contributed by atoms with Crippen LogP contribution in [0.1, 0.15) is 44.1 Å². The monoisotopic (exact) mass is 385 g/mol. The van der Waals surface area contributed by atoms with Crippen LogP contribution < -0.4 is 10.1 Å². The van der Waals surface area contributed by atoms with Gasteiger partial charge in [-0.15, -0.1) is 0 Å². The second kappa shape index (κ2) is 9.15. The molecule has 1 aromatic carbocycles. The van der Waals surface area contributed by atoms with Crippen molar-refractivity contribution in [3.05, 3.63) is 54.1 Å². The number of piperidine rings is 1. The highest BCUT2D eigenvalue weighted by Gasteiger charge is 2.27. The smallest absolute Gasteiger partial charge is 0.270 e. The van der Waals surface area contributed by atoms with E-state index in [2.05, 4.69) is 36.0 Å². The first-order valence-corrected chi connectivity index (χ1v) is 9.87. The molecular formula is C22H28FN3O2. The fourth-order valence-corrected chi connectivity index (χ4v) is 3.55. The highest BCUT2D eigenvalue weighted by Crippen LogP contribution is 2.23. The van der Waals surface area contributed by atoms with Crippen LogP contribution in [0, 0.1) is 11.7 Å². The number of ether oxygens (including phenoxy) is 1. The van der Waals surface area contributed by atoms with Crippen LogP contribution in [0.25, 0.3) is 0 Å². The highest BCUT2D eigenvalue weighted by molar-refractivity contribution is 5.92. The Balaban J connectivity index is 1.61. The van der Waals surface area contributed by atoms with E-state index in [9.17, 15) is 9.18 Å². The molecular weight excluding hydrogens is 357 g/mol. The van der Waals surface area contributed by atoms with Crippen molar-refractivity contribution in [1.29, 1.82) is 0 Å². The van der Waals surface area contributed by atoms with Gasteiger partial charge in [0, 0.05) is 30.9 Å². The highest BCUT2D eigenvalue weighted by atomic mass is 19.1. The lowest BCUT2D eigenvalue weighted by atomic mass is 9.91. The number of hydrogen-bond donors (Lipinski definition) is 1. The Morgan fingerprint density at radius 1 is 1.21 bits per heavy atom. The molecule has 2 aromatic rings. The minimum Gasteiger partial charge on any atom is -0.457 e. The number of carbonyl (C=O) groups is 1. The summed E-state index contributed by atoms with van der Waals surface area (Å²) in [6, 6.07) is 9.61. The van der Waals surface area contributed by atoms with E-state index in [1.54, 1.807) is 30.5 Å². The van der Waals surface area contributed by atoms with Crippen LogP contribution in [0.3, 0.4) is 0 Å². The summed E-state index contributed by atoms with van der Waals surface area (Å²) in [7, 11) is 0. The minimum atomic E-state index is -0.324. The molecule has 2 unspecified atom stereocenters. The molecule has 0 saturated carbocycles. The molecule has 6 heteroatoms. The molecule has 1 aliphatic heterocycles. The summed E-state index contributed by atoms with van der Waals surface area (Å²) in [4.78, 5) is 19.3. The molecule has 1 aliphatic rings. The van der Waals surface area contributed by atoms with Crippen LogP contribution in [-0.4, -0.2) is 41.0 Å². The van der Waals surface area contributed by atoms with Gasteiger partial charge >= 0.3 is 0 Å². The summed E-state index contributed by atoms with van der Waals surface area (Å²) < 4.78 is 18.7. The lowest BCUT2D eigenvalue weighted by Gasteiger charge is -2.38. The van der Waals surface area contributed by atoms with Crippen LogP contribution in [-0.2, 0) is 0 Å². The molecule has 0 aliphatic carbocycles. The molecule has 1 fully saturated rings.